The Bertz CT molecular complexity index is 991. The van der Waals surface area contributed by atoms with Gasteiger partial charge in [0, 0.05) is 23.8 Å². The molecule has 0 spiro atoms. The minimum atomic E-state index is -3.51. The van der Waals surface area contributed by atoms with Gasteiger partial charge in [-0.15, -0.1) is 0 Å². The molecule has 0 aromatic heterocycles. The molecular weight excluding hydrogens is 437 g/mol. The highest BCUT2D eigenvalue weighted by Crippen LogP contribution is 2.27. The molecule has 150 valence electrons. The average molecular weight is 458 g/mol. The summed E-state index contributed by atoms with van der Waals surface area (Å²) in [6.07, 6.45) is 2.86. The molecule has 1 aliphatic heterocycles. The molecule has 1 aliphatic rings. The van der Waals surface area contributed by atoms with Crippen molar-refractivity contribution < 1.29 is 8.42 Å². The molecule has 5 nitrogen and oxygen atoms in total. The number of halogens is 2. The zero-order valence-electron chi connectivity index (χ0n) is 15.3. The predicted molar refractivity (Wildman–Crippen MR) is 120 cm³/mol. The van der Waals surface area contributed by atoms with E-state index in [1.807, 2.05) is 6.92 Å². The molecule has 2 aromatic carbocycles. The number of piperidine rings is 1. The predicted octanol–water partition coefficient (Wildman–Crippen LogP) is 5.29. The van der Waals surface area contributed by atoms with Crippen LogP contribution < -0.4 is 10.6 Å². The Morgan fingerprint density at radius 2 is 1.68 bits per heavy atom. The van der Waals surface area contributed by atoms with Crippen molar-refractivity contribution in [2.24, 2.45) is 0 Å². The molecule has 0 atom stereocenters. The molecule has 0 bridgehead atoms. The van der Waals surface area contributed by atoms with Crippen LogP contribution in [0.1, 0.15) is 24.8 Å². The summed E-state index contributed by atoms with van der Waals surface area (Å²) in [6, 6.07) is 10.1. The van der Waals surface area contributed by atoms with E-state index < -0.39 is 10.0 Å². The lowest BCUT2D eigenvalue weighted by Crippen LogP contribution is -2.35. The summed E-state index contributed by atoms with van der Waals surface area (Å²) in [6.45, 7) is 3.01. The molecule has 0 radical (unpaired) electrons. The molecule has 1 heterocycles. The minimum absolute atomic E-state index is 0.259. The third kappa shape index (κ3) is 4.96. The van der Waals surface area contributed by atoms with Crippen molar-refractivity contribution in [3.63, 3.8) is 0 Å². The van der Waals surface area contributed by atoms with Crippen molar-refractivity contribution in [3.8, 4) is 0 Å². The van der Waals surface area contributed by atoms with Crippen molar-refractivity contribution in [2.75, 3.05) is 23.7 Å². The Morgan fingerprint density at radius 1 is 1.00 bits per heavy atom. The van der Waals surface area contributed by atoms with Gasteiger partial charge in [-0.05, 0) is 67.9 Å². The van der Waals surface area contributed by atoms with Gasteiger partial charge in [-0.3, -0.25) is 0 Å². The highest BCUT2D eigenvalue weighted by atomic mass is 35.5. The van der Waals surface area contributed by atoms with Crippen LogP contribution in [0.2, 0.25) is 10.0 Å². The van der Waals surface area contributed by atoms with E-state index in [1.54, 1.807) is 40.7 Å². The standard InChI is InChI=1S/C19H21Cl2N3O2S2/c1-13-5-7-15(28(25,26)24-9-3-2-4-10-24)12-18(13)23-19(27)22-17-8-6-14(20)11-16(17)21/h5-8,11-12H,2-4,9-10H2,1H3,(H2,22,23,27). The van der Waals surface area contributed by atoms with Crippen molar-refractivity contribution in [3.05, 3.63) is 52.0 Å². The van der Waals surface area contributed by atoms with Crippen molar-refractivity contribution in [1.29, 1.82) is 0 Å². The molecule has 3 rings (SSSR count). The highest BCUT2D eigenvalue weighted by Gasteiger charge is 2.26. The average Bonchev–Trinajstić information content (AvgIpc) is 2.66. The van der Waals surface area contributed by atoms with Crippen LogP contribution >= 0.6 is 35.4 Å². The summed E-state index contributed by atoms with van der Waals surface area (Å²) in [7, 11) is -3.51. The van der Waals surface area contributed by atoms with Gasteiger partial charge >= 0.3 is 0 Å². The van der Waals surface area contributed by atoms with Gasteiger partial charge in [0.05, 0.1) is 15.6 Å². The Labute approximate surface area is 181 Å². The van der Waals surface area contributed by atoms with Crippen LogP contribution in [0.3, 0.4) is 0 Å². The second-order valence-corrected chi connectivity index (χ2v) is 9.83. The Kier molecular flexibility index (Phi) is 6.83. The molecule has 2 aromatic rings. The first-order valence-corrected chi connectivity index (χ1v) is 11.5. The third-order valence-electron chi connectivity index (χ3n) is 4.59. The number of anilines is 2. The normalized spacial score (nSPS) is 15.2. The lowest BCUT2D eigenvalue weighted by molar-refractivity contribution is 0.346. The quantitative estimate of drug-likeness (QED) is 0.610. The van der Waals surface area contributed by atoms with Gasteiger partial charge in [0.2, 0.25) is 10.0 Å². The first-order chi connectivity index (χ1) is 13.3. The lowest BCUT2D eigenvalue weighted by Gasteiger charge is -2.26. The van der Waals surface area contributed by atoms with E-state index in [2.05, 4.69) is 10.6 Å². The fourth-order valence-electron chi connectivity index (χ4n) is 3.02. The largest absolute Gasteiger partial charge is 0.332 e. The second kappa shape index (κ2) is 8.97. The molecule has 0 unspecified atom stereocenters. The van der Waals surface area contributed by atoms with E-state index in [1.165, 1.54) is 0 Å². The number of benzene rings is 2. The van der Waals surface area contributed by atoms with Gasteiger partial charge in [-0.25, -0.2) is 8.42 Å². The van der Waals surface area contributed by atoms with E-state index in [9.17, 15) is 8.42 Å². The molecule has 1 fully saturated rings. The first kappa shape index (κ1) is 21.3. The van der Waals surface area contributed by atoms with E-state index in [0.717, 1.165) is 24.8 Å². The maximum atomic E-state index is 12.9. The van der Waals surface area contributed by atoms with Gasteiger partial charge in [0.1, 0.15) is 0 Å². The Hall–Kier alpha value is -1.38. The summed E-state index contributed by atoms with van der Waals surface area (Å²) in [5, 5.41) is 7.34. The van der Waals surface area contributed by atoms with Crippen LogP contribution in [0.5, 0.6) is 0 Å². The number of hydrogen-bond acceptors (Lipinski definition) is 3. The summed E-state index contributed by atoms with van der Waals surface area (Å²) >= 11 is 17.4. The molecule has 0 aliphatic carbocycles. The monoisotopic (exact) mass is 457 g/mol. The number of hydrogen-bond donors (Lipinski definition) is 2. The highest BCUT2D eigenvalue weighted by molar-refractivity contribution is 7.89. The summed E-state index contributed by atoms with van der Waals surface area (Å²) in [5.41, 5.74) is 2.11. The fourth-order valence-corrected chi connectivity index (χ4v) is 5.24. The second-order valence-electron chi connectivity index (χ2n) is 6.64. The number of rotatable bonds is 4. The molecular formula is C19H21Cl2N3O2S2. The lowest BCUT2D eigenvalue weighted by atomic mass is 10.2. The number of nitrogens with one attached hydrogen (secondary N) is 2. The third-order valence-corrected chi connectivity index (χ3v) is 7.24. The number of thiocarbonyl (C=S) groups is 1. The van der Waals surface area contributed by atoms with Gasteiger partial charge in [0.15, 0.2) is 5.11 Å². The SMILES string of the molecule is Cc1ccc(S(=O)(=O)N2CCCCC2)cc1NC(=S)Nc1ccc(Cl)cc1Cl. The van der Waals surface area contributed by atoms with Crippen LogP contribution in [0.25, 0.3) is 0 Å². The molecule has 28 heavy (non-hydrogen) atoms. The minimum Gasteiger partial charge on any atom is -0.332 e. The molecule has 1 saturated heterocycles. The van der Waals surface area contributed by atoms with Gasteiger partial charge < -0.3 is 10.6 Å². The first-order valence-electron chi connectivity index (χ1n) is 8.91. The van der Waals surface area contributed by atoms with Crippen molar-refractivity contribution >= 4 is 61.9 Å². The summed E-state index contributed by atoms with van der Waals surface area (Å²) < 4.78 is 27.4. The molecule has 0 saturated carbocycles. The smallest absolute Gasteiger partial charge is 0.243 e. The Morgan fingerprint density at radius 3 is 2.36 bits per heavy atom. The number of sulfonamides is 1. The van der Waals surface area contributed by atoms with Crippen LogP contribution in [0.15, 0.2) is 41.3 Å². The van der Waals surface area contributed by atoms with E-state index in [-0.39, 0.29) is 4.90 Å². The van der Waals surface area contributed by atoms with Crippen molar-refractivity contribution in [1.82, 2.24) is 4.31 Å². The van der Waals surface area contributed by atoms with E-state index >= 15 is 0 Å². The van der Waals surface area contributed by atoms with Gasteiger partial charge in [-0.2, -0.15) is 4.31 Å². The summed E-state index contributed by atoms with van der Waals surface area (Å²) in [5.74, 6) is 0. The van der Waals surface area contributed by atoms with Crippen LogP contribution in [0, 0.1) is 6.92 Å². The number of nitrogens with zero attached hydrogens (tertiary/aromatic N) is 1. The zero-order valence-corrected chi connectivity index (χ0v) is 18.5. The van der Waals surface area contributed by atoms with Crippen LogP contribution in [0.4, 0.5) is 11.4 Å². The Balaban J connectivity index is 1.78. The van der Waals surface area contributed by atoms with E-state index in [4.69, 9.17) is 35.4 Å². The maximum absolute atomic E-state index is 12.9. The van der Waals surface area contributed by atoms with Crippen LogP contribution in [-0.2, 0) is 10.0 Å². The number of aryl methyl sites for hydroxylation is 1. The maximum Gasteiger partial charge on any atom is 0.243 e. The van der Waals surface area contributed by atoms with Crippen LogP contribution in [-0.4, -0.2) is 30.9 Å². The fraction of sp³-hybridized carbons (Fsp3) is 0.316. The topological polar surface area (TPSA) is 61.4 Å². The van der Waals surface area contributed by atoms with E-state index in [0.29, 0.717) is 39.6 Å². The van der Waals surface area contributed by atoms with Gasteiger partial charge in [0.25, 0.3) is 0 Å². The molecule has 9 heteroatoms. The summed E-state index contributed by atoms with van der Waals surface area (Å²) in [4.78, 5) is 0.259. The van der Waals surface area contributed by atoms with Gasteiger partial charge in [-0.1, -0.05) is 35.7 Å². The van der Waals surface area contributed by atoms with Crippen molar-refractivity contribution in [2.45, 2.75) is 31.1 Å². The molecule has 2 N–H and O–H groups in total. The zero-order chi connectivity index (χ0) is 20.3. The molecule has 0 amide bonds.